The second-order valence-electron chi connectivity index (χ2n) is 3.69. The average Bonchev–Trinajstić information content (AvgIpc) is 2.70. The Hall–Kier alpha value is -0.780. The van der Waals surface area contributed by atoms with Crippen LogP contribution in [0, 0.1) is 11.6 Å². The SMILES string of the molecule is NC(Cc1c(F)cccc1F)c1cscc1Br. The van der Waals surface area contributed by atoms with Crippen molar-refractivity contribution in [2.75, 3.05) is 0 Å². The average molecular weight is 318 g/mol. The van der Waals surface area contributed by atoms with Gasteiger partial charge in [0.25, 0.3) is 0 Å². The summed E-state index contributed by atoms with van der Waals surface area (Å²) in [6, 6.07) is 3.42. The van der Waals surface area contributed by atoms with Crippen molar-refractivity contribution in [1.82, 2.24) is 0 Å². The van der Waals surface area contributed by atoms with E-state index in [0.717, 1.165) is 10.0 Å². The molecule has 1 aromatic heterocycles. The van der Waals surface area contributed by atoms with Crippen LogP contribution < -0.4 is 5.73 Å². The molecule has 1 unspecified atom stereocenters. The van der Waals surface area contributed by atoms with Crippen LogP contribution in [0.3, 0.4) is 0 Å². The molecule has 0 aliphatic rings. The maximum absolute atomic E-state index is 13.4. The van der Waals surface area contributed by atoms with Gasteiger partial charge in [0.15, 0.2) is 0 Å². The Morgan fingerprint density at radius 2 is 1.88 bits per heavy atom. The third-order valence-corrected chi connectivity index (χ3v) is 4.28. The summed E-state index contributed by atoms with van der Waals surface area (Å²) in [5.74, 6) is -1.10. The van der Waals surface area contributed by atoms with E-state index in [9.17, 15) is 8.78 Å². The molecule has 90 valence electrons. The third-order valence-electron chi connectivity index (χ3n) is 2.53. The first-order valence-electron chi connectivity index (χ1n) is 4.99. The van der Waals surface area contributed by atoms with E-state index >= 15 is 0 Å². The lowest BCUT2D eigenvalue weighted by atomic mass is 10.0. The fourth-order valence-electron chi connectivity index (χ4n) is 1.61. The van der Waals surface area contributed by atoms with E-state index in [4.69, 9.17) is 5.73 Å². The molecule has 1 atom stereocenters. The molecule has 2 rings (SSSR count). The molecule has 0 bridgehead atoms. The molecule has 0 aliphatic carbocycles. The topological polar surface area (TPSA) is 26.0 Å². The predicted octanol–water partition coefficient (Wildman–Crippen LogP) is 4.03. The van der Waals surface area contributed by atoms with Gasteiger partial charge in [0.1, 0.15) is 11.6 Å². The van der Waals surface area contributed by atoms with Gasteiger partial charge in [-0.15, -0.1) is 0 Å². The number of rotatable bonds is 3. The van der Waals surface area contributed by atoms with Gasteiger partial charge in [-0.05, 0) is 45.4 Å². The minimum atomic E-state index is -0.549. The summed E-state index contributed by atoms with van der Waals surface area (Å²) in [6.07, 6.45) is 0.147. The smallest absolute Gasteiger partial charge is 0.129 e. The van der Waals surface area contributed by atoms with Gasteiger partial charge in [-0.3, -0.25) is 0 Å². The molecule has 2 N–H and O–H groups in total. The van der Waals surface area contributed by atoms with Crippen molar-refractivity contribution in [3.05, 3.63) is 56.2 Å². The van der Waals surface area contributed by atoms with Crippen LogP contribution >= 0.6 is 27.3 Å². The number of thiophene rings is 1. The Morgan fingerprint density at radius 3 is 2.41 bits per heavy atom. The first-order chi connectivity index (χ1) is 8.09. The Kier molecular flexibility index (Phi) is 3.91. The molecule has 1 heterocycles. The standard InChI is InChI=1S/C12H10BrF2NS/c13-9-6-17-5-8(9)12(16)4-7-10(14)2-1-3-11(7)15/h1-3,5-6,12H,4,16H2. The molecular weight excluding hydrogens is 308 g/mol. The van der Waals surface area contributed by atoms with Crippen LogP contribution in [0.25, 0.3) is 0 Å². The highest BCUT2D eigenvalue weighted by molar-refractivity contribution is 9.10. The monoisotopic (exact) mass is 317 g/mol. The molecule has 2 aromatic rings. The van der Waals surface area contributed by atoms with E-state index in [2.05, 4.69) is 15.9 Å². The van der Waals surface area contributed by atoms with Crippen molar-refractivity contribution in [1.29, 1.82) is 0 Å². The quantitative estimate of drug-likeness (QED) is 0.908. The van der Waals surface area contributed by atoms with E-state index < -0.39 is 17.7 Å². The Labute approximate surface area is 110 Å². The molecule has 0 fully saturated rings. The molecule has 17 heavy (non-hydrogen) atoms. The van der Waals surface area contributed by atoms with Crippen molar-refractivity contribution in [2.45, 2.75) is 12.5 Å². The number of nitrogens with two attached hydrogens (primary N) is 1. The molecule has 1 nitrogen and oxygen atoms in total. The highest BCUT2D eigenvalue weighted by Crippen LogP contribution is 2.29. The van der Waals surface area contributed by atoms with Gasteiger partial charge >= 0.3 is 0 Å². The molecule has 1 aromatic carbocycles. The molecule has 0 amide bonds. The Morgan fingerprint density at radius 1 is 1.24 bits per heavy atom. The van der Waals surface area contributed by atoms with Gasteiger partial charge in [-0.1, -0.05) is 6.07 Å². The Balaban J connectivity index is 2.25. The number of halogens is 3. The second kappa shape index (κ2) is 5.25. The largest absolute Gasteiger partial charge is 0.324 e. The van der Waals surface area contributed by atoms with Crippen LogP contribution in [0.2, 0.25) is 0 Å². The van der Waals surface area contributed by atoms with Gasteiger partial charge in [-0.25, -0.2) is 8.78 Å². The minimum absolute atomic E-state index is 0.0399. The van der Waals surface area contributed by atoms with Crippen LogP contribution in [-0.4, -0.2) is 0 Å². The van der Waals surface area contributed by atoms with Gasteiger partial charge in [0.05, 0.1) is 0 Å². The molecule has 0 spiro atoms. The van der Waals surface area contributed by atoms with Crippen molar-refractivity contribution >= 4 is 27.3 Å². The summed E-state index contributed by atoms with van der Waals surface area (Å²) in [5.41, 5.74) is 6.87. The number of benzene rings is 1. The highest BCUT2D eigenvalue weighted by Gasteiger charge is 2.16. The van der Waals surface area contributed by atoms with Gasteiger partial charge in [0, 0.05) is 21.5 Å². The third kappa shape index (κ3) is 2.73. The van der Waals surface area contributed by atoms with Crippen molar-refractivity contribution < 1.29 is 8.78 Å². The zero-order chi connectivity index (χ0) is 12.4. The molecule has 0 aliphatic heterocycles. The predicted molar refractivity (Wildman–Crippen MR) is 69.0 cm³/mol. The van der Waals surface area contributed by atoms with Crippen molar-refractivity contribution in [2.24, 2.45) is 5.73 Å². The zero-order valence-electron chi connectivity index (χ0n) is 8.79. The summed E-state index contributed by atoms with van der Waals surface area (Å²) >= 11 is 4.86. The van der Waals surface area contributed by atoms with Gasteiger partial charge in [0.2, 0.25) is 0 Å². The van der Waals surface area contributed by atoms with E-state index in [0.29, 0.717) is 0 Å². The van der Waals surface area contributed by atoms with E-state index in [-0.39, 0.29) is 12.0 Å². The summed E-state index contributed by atoms with van der Waals surface area (Å²) in [7, 11) is 0. The lowest BCUT2D eigenvalue weighted by molar-refractivity contribution is 0.540. The van der Waals surface area contributed by atoms with E-state index in [1.807, 2.05) is 10.8 Å². The van der Waals surface area contributed by atoms with Crippen LogP contribution in [0.15, 0.2) is 33.4 Å². The van der Waals surface area contributed by atoms with Crippen molar-refractivity contribution in [3.8, 4) is 0 Å². The number of hydrogen-bond donors (Lipinski definition) is 1. The maximum Gasteiger partial charge on any atom is 0.129 e. The summed E-state index contributed by atoms with van der Waals surface area (Å²) < 4.78 is 27.8. The van der Waals surface area contributed by atoms with Gasteiger partial charge in [-0.2, -0.15) is 11.3 Å². The fraction of sp³-hybridized carbons (Fsp3) is 0.167. The Bertz CT molecular complexity index is 507. The maximum atomic E-state index is 13.4. The zero-order valence-corrected chi connectivity index (χ0v) is 11.2. The van der Waals surface area contributed by atoms with E-state index in [1.54, 1.807) is 0 Å². The minimum Gasteiger partial charge on any atom is -0.324 e. The molecule has 5 heteroatoms. The summed E-state index contributed by atoms with van der Waals surface area (Å²) in [6.45, 7) is 0. The van der Waals surface area contributed by atoms with Crippen LogP contribution in [-0.2, 0) is 6.42 Å². The van der Waals surface area contributed by atoms with Gasteiger partial charge < -0.3 is 5.73 Å². The summed E-state index contributed by atoms with van der Waals surface area (Å²) in [5, 5.41) is 3.78. The van der Waals surface area contributed by atoms with E-state index in [1.165, 1.54) is 29.5 Å². The molecule has 0 radical (unpaired) electrons. The lowest BCUT2D eigenvalue weighted by Gasteiger charge is -2.12. The fourth-order valence-corrected chi connectivity index (χ4v) is 3.27. The lowest BCUT2D eigenvalue weighted by Crippen LogP contribution is -2.15. The van der Waals surface area contributed by atoms with Crippen LogP contribution in [0.1, 0.15) is 17.2 Å². The van der Waals surface area contributed by atoms with Crippen LogP contribution in [0.4, 0.5) is 8.78 Å². The highest BCUT2D eigenvalue weighted by atomic mass is 79.9. The second-order valence-corrected chi connectivity index (χ2v) is 5.28. The van der Waals surface area contributed by atoms with Crippen molar-refractivity contribution in [3.63, 3.8) is 0 Å². The number of hydrogen-bond acceptors (Lipinski definition) is 2. The molecule has 0 saturated heterocycles. The van der Waals surface area contributed by atoms with Crippen LogP contribution in [0.5, 0.6) is 0 Å². The molecular formula is C12H10BrF2NS. The first kappa shape index (κ1) is 12.7. The summed E-state index contributed by atoms with van der Waals surface area (Å²) in [4.78, 5) is 0. The molecule has 0 saturated carbocycles. The normalized spacial score (nSPS) is 12.7. The first-order valence-corrected chi connectivity index (χ1v) is 6.73.